The van der Waals surface area contributed by atoms with Gasteiger partial charge < -0.3 is 20.1 Å². The van der Waals surface area contributed by atoms with Crippen LogP contribution in [0.2, 0.25) is 0 Å². The van der Waals surface area contributed by atoms with Crippen molar-refractivity contribution in [3.05, 3.63) is 0 Å². The van der Waals surface area contributed by atoms with Crippen molar-refractivity contribution in [3.63, 3.8) is 0 Å². The van der Waals surface area contributed by atoms with Gasteiger partial charge in [-0.05, 0) is 26.7 Å². The number of methoxy groups -OCH3 is 2. The van der Waals surface area contributed by atoms with Gasteiger partial charge >= 0.3 is 0 Å². The zero-order valence-corrected chi connectivity index (χ0v) is 17.0. The van der Waals surface area contributed by atoms with Gasteiger partial charge in [-0.1, -0.05) is 0 Å². The van der Waals surface area contributed by atoms with E-state index in [1.807, 2.05) is 13.8 Å². The smallest absolute Gasteiger partial charge is 0.191 e. The molecule has 1 aliphatic carbocycles. The Hall–Kier alpha value is -0.120. The number of guanidine groups is 1. The minimum absolute atomic E-state index is 0. The third kappa shape index (κ3) is 9.12. The van der Waals surface area contributed by atoms with Gasteiger partial charge in [-0.25, -0.2) is 0 Å². The van der Waals surface area contributed by atoms with Crippen LogP contribution in [0, 0.1) is 0 Å². The number of aliphatic imine (C=N–C) groups is 1. The third-order valence-electron chi connectivity index (χ3n) is 3.80. The summed E-state index contributed by atoms with van der Waals surface area (Å²) in [5.74, 6) is 0.822. The van der Waals surface area contributed by atoms with E-state index in [0.29, 0.717) is 0 Å². The van der Waals surface area contributed by atoms with Gasteiger partial charge in [-0.3, -0.25) is 9.89 Å². The number of nitrogens with one attached hydrogen (secondary N) is 2. The monoisotopic (exact) mass is 428 g/mol. The van der Waals surface area contributed by atoms with Crippen molar-refractivity contribution in [2.45, 2.75) is 38.3 Å². The van der Waals surface area contributed by atoms with Crippen LogP contribution in [0.5, 0.6) is 0 Å². The fourth-order valence-corrected chi connectivity index (χ4v) is 2.03. The Morgan fingerprint density at radius 3 is 2.41 bits per heavy atom. The van der Waals surface area contributed by atoms with Gasteiger partial charge in [0, 0.05) is 53.5 Å². The van der Waals surface area contributed by atoms with Crippen LogP contribution in [-0.4, -0.2) is 76.6 Å². The molecule has 0 aromatic carbocycles. The molecular formula is C15H33IN4O2. The summed E-state index contributed by atoms with van der Waals surface area (Å²) in [6, 6.07) is 0.754. The van der Waals surface area contributed by atoms with E-state index in [0.717, 1.165) is 44.8 Å². The highest BCUT2D eigenvalue weighted by molar-refractivity contribution is 14.0. The van der Waals surface area contributed by atoms with E-state index in [1.165, 1.54) is 12.8 Å². The Balaban J connectivity index is 0.00000441. The van der Waals surface area contributed by atoms with Crippen molar-refractivity contribution in [2.24, 2.45) is 4.99 Å². The molecule has 0 aromatic rings. The summed E-state index contributed by atoms with van der Waals surface area (Å²) in [7, 11) is 5.27. The van der Waals surface area contributed by atoms with Gasteiger partial charge in [0.05, 0.1) is 12.2 Å². The zero-order valence-electron chi connectivity index (χ0n) is 14.6. The summed E-state index contributed by atoms with van der Waals surface area (Å²) in [5.41, 5.74) is -0.198. The largest absolute Gasteiger partial charge is 0.383 e. The highest BCUT2D eigenvalue weighted by Crippen LogP contribution is 2.25. The minimum Gasteiger partial charge on any atom is -0.383 e. The van der Waals surface area contributed by atoms with Gasteiger partial charge in [-0.2, -0.15) is 0 Å². The number of hydrogen-bond acceptors (Lipinski definition) is 4. The first-order valence-electron chi connectivity index (χ1n) is 7.75. The van der Waals surface area contributed by atoms with Gasteiger partial charge in [0.1, 0.15) is 0 Å². The summed E-state index contributed by atoms with van der Waals surface area (Å²) in [6.07, 6.45) is 2.64. The maximum atomic E-state index is 5.39. The van der Waals surface area contributed by atoms with Crippen molar-refractivity contribution in [1.29, 1.82) is 0 Å². The molecule has 0 amide bonds. The van der Waals surface area contributed by atoms with Crippen molar-refractivity contribution in [2.75, 3.05) is 54.1 Å². The molecule has 22 heavy (non-hydrogen) atoms. The summed E-state index contributed by atoms with van der Waals surface area (Å²) < 4.78 is 10.6. The number of ether oxygens (including phenoxy) is 2. The number of hydrogen-bond donors (Lipinski definition) is 2. The highest BCUT2D eigenvalue weighted by Gasteiger charge is 2.28. The summed E-state index contributed by atoms with van der Waals surface area (Å²) in [5, 5.41) is 6.65. The lowest BCUT2D eigenvalue weighted by Crippen LogP contribution is -2.47. The van der Waals surface area contributed by atoms with Crippen molar-refractivity contribution < 1.29 is 9.47 Å². The quantitative estimate of drug-likeness (QED) is 0.312. The fourth-order valence-electron chi connectivity index (χ4n) is 2.03. The van der Waals surface area contributed by atoms with E-state index < -0.39 is 0 Å². The van der Waals surface area contributed by atoms with Crippen LogP contribution in [0.15, 0.2) is 4.99 Å². The summed E-state index contributed by atoms with van der Waals surface area (Å²) in [4.78, 5) is 6.73. The van der Waals surface area contributed by atoms with Gasteiger partial charge in [0.2, 0.25) is 0 Å². The van der Waals surface area contributed by atoms with E-state index in [9.17, 15) is 0 Å². The highest BCUT2D eigenvalue weighted by atomic mass is 127. The maximum Gasteiger partial charge on any atom is 0.191 e. The lowest BCUT2D eigenvalue weighted by Gasteiger charge is -2.25. The standard InChI is InChI=1S/C15H32N4O2.HI/c1-15(2,21-5)12-18-14(16-3)17-8-9-19(10-11-20-4)13-6-7-13;/h13H,6-12H2,1-5H3,(H2,16,17,18);1H. The van der Waals surface area contributed by atoms with Crippen LogP contribution in [0.1, 0.15) is 26.7 Å². The average Bonchev–Trinajstić information content (AvgIpc) is 3.30. The summed E-state index contributed by atoms with van der Waals surface area (Å²) in [6.45, 7) is 8.52. The number of nitrogens with zero attached hydrogens (tertiary/aromatic N) is 2. The van der Waals surface area contributed by atoms with Gasteiger partial charge in [-0.15, -0.1) is 24.0 Å². The second kappa shape index (κ2) is 11.4. The fraction of sp³-hybridized carbons (Fsp3) is 0.933. The topological polar surface area (TPSA) is 58.1 Å². The molecule has 0 bridgehead atoms. The minimum atomic E-state index is -0.198. The Labute approximate surface area is 152 Å². The maximum absolute atomic E-state index is 5.39. The molecule has 0 aromatic heterocycles. The second-order valence-electron chi connectivity index (χ2n) is 6.08. The molecule has 132 valence electrons. The number of halogens is 1. The van der Waals surface area contributed by atoms with Crippen molar-refractivity contribution >= 4 is 29.9 Å². The average molecular weight is 428 g/mol. The molecule has 0 heterocycles. The molecule has 2 N–H and O–H groups in total. The Morgan fingerprint density at radius 2 is 1.91 bits per heavy atom. The van der Waals surface area contributed by atoms with Crippen molar-refractivity contribution in [1.82, 2.24) is 15.5 Å². The molecule has 1 fully saturated rings. The molecule has 0 aliphatic heterocycles. The Kier molecular flexibility index (Phi) is 11.4. The lowest BCUT2D eigenvalue weighted by atomic mass is 10.1. The molecular weight excluding hydrogens is 395 g/mol. The molecule has 0 radical (unpaired) electrons. The first-order chi connectivity index (χ1) is 10.0. The predicted octanol–water partition coefficient (Wildman–Crippen LogP) is 1.31. The SMILES string of the molecule is CN=C(NCCN(CCOC)C1CC1)NCC(C)(C)OC.I. The van der Waals surface area contributed by atoms with E-state index in [-0.39, 0.29) is 29.6 Å². The van der Waals surface area contributed by atoms with Crippen molar-refractivity contribution in [3.8, 4) is 0 Å². The molecule has 1 saturated carbocycles. The Bertz CT molecular complexity index is 323. The molecule has 7 heteroatoms. The normalized spacial score (nSPS) is 15.6. The van der Waals surface area contributed by atoms with E-state index in [2.05, 4.69) is 20.5 Å². The molecule has 0 unspecified atom stereocenters. The van der Waals surface area contributed by atoms with Gasteiger partial charge in [0.25, 0.3) is 0 Å². The predicted molar refractivity (Wildman–Crippen MR) is 102 cm³/mol. The van der Waals surface area contributed by atoms with E-state index in [1.54, 1.807) is 21.3 Å². The molecule has 1 aliphatic rings. The molecule has 0 spiro atoms. The van der Waals surface area contributed by atoms with Crippen LogP contribution in [0.3, 0.4) is 0 Å². The third-order valence-corrected chi connectivity index (χ3v) is 3.80. The molecule has 6 nitrogen and oxygen atoms in total. The second-order valence-corrected chi connectivity index (χ2v) is 6.08. The lowest BCUT2D eigenvalue weighted by molar-refractivity contribution is 0.0268. The van der Waals surface area contributed by atoms with Crippen LogP contribution in [0.4, 0.5) is 0 Å². The van der Waals surface area contributed by atoms with Crippen LogP contribution < -0.4 is 10.6 Å². The summed E-state index contributed by atoms with van der Waals surface area (Å²) >= 11 is 0. The van der Waals surface area contributed by atoms with Crippen LogP contribution in [0.25, 0.3) is 0 Å². The van der Waals surface area contributed by atoms with E-state index >= 15 is 0 Å². The van der Waals surface area contributed by atoms with Gasteiger partial charge in [0.15, 0.2) is 5.96 Å². The number of rotatable bonds is 10. The van der Waals surface area contributed by atoms with E-state index in [4.69, 9.17) is 9.47 Å². The molecule has 1 rings (SSSR count). The zero-order chi connectivity index (χ0) is 15.7. The van der Waals surface area contributed by atoms with Crippen LogP contribution in [-0.2, 0) is 9.47 Å². The van der Waals surface area contributed by atoms with Crippen LogP contribution >= 0.6 is 24.0 Å². The Morgan fingerprint density at radius 1 is 1.23 bits per heavy atom. The first kappa shape index (κ1) is 21.9. The first-order valence-corrected chi connectivity index (χ1v) is 7.75. The molecule has 0 atom stereocenters. The molecule has 0 saturated heterocycles.